The van der Waals surface area contributed by atoms with Crippen molar-refractivity contribution in [2.45, 2.75) is 50.9 Å². The van der Waals surface area contributed by atoms with Crippen molar-refractivity contribution in [3.63, 3.8) is 0 Å². The molecule has 0 bridgehead atoms. The van der Waals surface area contributed by atoms with Crippen molar-refractivity contribution in [3.05, 3.63) is 16.4 Å². The van der Waals surface area contributed by atoms with Crippen LogP contribution in [0.1, 0.15) is 45.3 Å². The number of rotatable bonds is 2. The van der Waals surface area contributed by atoms with E-state index in [1.165, 1.54) is 0 Å². The van der Waals surface area contributed by atoms with Crippen molar-refractivity contribution in [2.75, 3.05) is 0 Å². The van der Waals surface area contributed by atoms with E-state index in [9.17, 15) is 4.55 Å². The molecule has 1 aliphatic heterocycles. The fraction of sp³-hybridized carbons (Fsp3) is 0.727. The summed E-state index contributed by atoms with van der Waals surface area (Å²) >= 11 is 2.35. The van der Waals surface area contributed by atoms with Crippen LogP contribution >= 0.6 is 15.9 Å². The molecular weight excluding hydrogens is 302 g/mol. The molecule has 1 N–H and O–H groups in total. The van der Waals surface area contributed by atoms with Crippen molar-refractivity contribution in [2.24, 2.45) is 0 Å². The fourth-order valence-corrected chi connectivity index (χ4v) is 3.15. The maximum Gasteiger partial charge on any atom is 0.136 e. The number of halogens is 1. The zero-order valence-electron chi connectivity index (χ0n) is 10.4. The fourth-order valence-electron chi connectivity index (χ4n) is 1.88. The number of aryl methyl sites for hydroxylation is 1. The summed E-state index contributed by atoms with van der Waals surface area (Å²) in [6, 6.07) is 2.15. The molecule has 0 saturated carbocycles. The Balaban J connectivity index is 2.13. The second-order valence-electron chi connectivity index (χ2n) is 5.31. The summed E-state index contributed by atoms with van der Waals surface area (Å²) in [5.41, 5.74) is 1.13. The molecule has 1 aromatic rings. The third kappa shape index (κ3) is 3.05. The Morgan fingerprint density at radius 3 is 2.94 bits per heavy atom. The normalized spacial score (nSPS) is 22.3. The van der Waals surface area contributed by atoms with Gasteiger partial charge in [-0.25, -0.2) is 0 Å². The maximum absolute atomic E-state index is 12.1. The molecule has 0 aliphatic carbocycles. The van der Waals surface area contributed by atoms with Crippen molar-refractivity contribution >= 4 is 27.3 Å². The molecule has 0 spiro atoms. The van der Waals surface area contributed by atoms with Crippen molar-refractivity contribution in [1.29, 1.82) is 0 Å². The highest BCUT2D eigenvalue weighted by atomic mass is 79.9. The molecular formula is C11H18BrN3OS. The van der Waals surface area contributed by atoms with E-state index in [1.54, 1.807) is 0 Å². The first-order chi connectivity index (χ1) is 7.88. The van der Waals surface area contributed by atoms with Gasteiger partial charge in [-0.15, -0.1) is 4.72 Å². The molecule has 1 aromatic heterocycles. The molecule has 96 valence electrons. The van der Waals surface area contributed by atoms with Crippen molar-refractivity contribution < 1.29 is 4.55 Å². The van der Waals surface area contributed by atoms with E-state index in [2.05, 4.69) is 25.8 Å². The van der Waals surface area contributed by atoms with Crippen LogP contribution in [0.3, 0.4) is 0 Å². The van der Waals surface area contributed by atoms with Crippen molar-refractivity contribution in [1.82, 2.24) is 14.5 Å². The van der Waals surface area contributed by atoms with Crippen LogP contribution in [0.5, 0.6) is 0 Å². The van der Waals surface area contributed by atoms with Gasteiger partial charge in [-0.3, -0.25) is 4.68 Å². The van der Waals surface area contributed by atoms with Gasteiger partial charge in [0.05, 0.1) is 11.7 Å². The van der Waals surface area contributed by atoms with Crippen LogP contribution in [0.15, 0.2) is 10.7 Å². The van der Waals surface area contributed by atoms with E-state index in [4.69, 9.17) is 0 Å². The molecule has 17 heavy (non-hydrogen) atoms. The summed E-state index contributed by atoms with van der Waals surface area (Å²) < 4.78 is 17.9. The summed E-state index contributed by atoms with van der Waals surface area (Å²) in [7, 11) is 0. The highest BCUT2D eigenvalue weighted by molar-refractivity contribution is 9.10. The lowest BCUT2D eigenvalue weighted by Crippen LogP contribution is -2.42. The first kappa shape index (κ1) is 13.4. The molecule has 0 radical (unpaired) electrons. The SMILES string of the molecule is CC(C)(C)[S+]([O-])N[C@H]1CCCn2nc(Br)cc21. The monoisotopic (exact) mass is 319 g/mol. The molecule has 2 rings (SSSR count). The minimum Gasteiger partial charge on any atom is -0.598 e. The lowest BCUT2D eigenvalue weighted by atomic mass is 10.1. The predicted molar refractivity (Wildman–Crippen MR) is 72.9 cm³/mol. The van der Waals surface area contributed by atoms with Crippen LogP contribution in [0.25, 0.3) is 0 Å². The van der Waals surface area contributed by atoms with Crippen LogP contribution < -0.4 is 4.72 Å². The van der Waals surface area contributed by atoms with Gasteiger partial charge in [0.2, 0.25) is 0 Å². The third-order valence-electron chi connectivity index (χ3n) is 2.81. The average Bonchev–Trinajstić information content (AvgIpc) is 2.58. The lowest BCUT2D eigenvalue weighted by Gasteiger charge is -2.30. The summed E-state index contributed by atoms with van der Waals surface area (Å²) in [6.45, 7) is 6.88. The van der Waals surface area contributed by atoms with Crippen LogP contribution in [0.4, 0.5) is 0 Å². The van der Waals surface area contributed by atoms with E-state index < -0.39 is 11.4 Å². The Labute approximate surface area is 114 Å². The van der Waals surface area contributed by atoms with Gasteiger partial charge in [-0.1, -0.05) is 0 Å². The zero-order chi connectivity index (χ0) is 12.6. The molecule has 2 heterocycles. The van der Waals surface area contributed by atoms with Crippen LogP contribution in [0, 0.1) is 0 Å². The van der Waals surface area contributed by atoms with Gasteiger partial charge in [-0.2, -0.15) is 5.10 Å². The van der Waals surface area contributed by atoms with E-state index in [0.717, 1.165) is 29.7 Å². The molecule has 6 heteroatoms. The van der Waals surface area contributed by atoms with Gasteiger partial charge >= 0.3 is 0 Å². The zero-order valence-corrected chi connectivity index (χ0v) is 12.8. The maximum atomic E-state index is 12.1. The second-order valence-corrected chi connectivity index (χ2v) is 8.12. The molecule has 0 saturated heterocycles. The van der Waals surface area contributed by atoms with E-state index in [0.29, 0.717) is 0 Å². The largest absolute Gasteiger partial charge is 0.598 e. The van der Waals surface area contributed by atoms with Crippen molar-refractivity contribution in [3.8, 4) is 0 Å². The number of hydrogen-bond donors (Lipinski definition) is 1. The van der Waals surface area contributed by atoms with Crippen LogP contribution in [-0.2, 0) is 17.9 Å². The number of nitrogens with one attached hydrogen (secondary N) is 1. The van der Waals surface area contributed by atoms with Crippen LogP contribution in [-0.4, -0.2) is 19.1 Å². The van der Waals surface area contributed by atoms with Gasteiger partial charge in [0.25, 0.3) is 0 Å². The Hall–Kier alpha value is -0.0400. The van der Waals surface area contributed by atoms with Gasteiger partial charge in [0.1, 0.15) is 9.35 Å². The Bertz CT molecular complexity index is 402. The van der Waals surface area contributed by atoms with Crippen LogP contribution in [0.2, 0.25) is 0 Å². The van der Waals surface area contributed by atoms with Gasteiger partial charge in [0, 0.05) is 17.9 Å². The second kappa shape index (κ2) is 4.91. The number of fused-ring (bicyclic) bond motifs is 1. The first-order valence-corrected chi connectivity index (χ1v) is 7.73. The summed E-state index contributed by atoms with van der Waals surface area (Å²) in [6.07, 6.45) is 2.08. The first-order valence-electron chi connectivity index (χ1n) is 5.79. The molecule has 4 nitrogen and oxygen atoms in total. The third-order valence-corrected chi connectivity index (χ3v) is 4.80. The summed E-state index contributed by atoms with van der Waals surface area (Å²) in [4.78, 5) is 0. The smallest absolute Gasteiger partial charge is 0.136 e. The van der Waals surface area contributed by atoms with E-state index in [1.807, 2.05) is 31.5 Å². The highest BCUT2D eigenvalue weighted by Crippen LogP contribution is 2.29. The van der Waals surface area contributed by atoms with Gasteiger partial charge in [0.15, 0.2) is 0 Å². The Morgan fingerprint density at radius 2 is 2.29 bits per heavy atom. The Kier molecular flexibility index (Phi) is 3.87. The summed E-state index contributed by atoms with van der Waals surface area (Å²) in [5, 5.41) is 4.37. The number of hydrogen-bond acceptors (Lipinski definition) is 3. The molecule has 0 aromatic carbocycles. The standard InChI is InChI=1S/C11H18BrN3OS/c1-11(2,3)17(16)14-8-5-4-6-15-9(8)7-10(12)13-15/h7-8,14H,4-6H2,1-3H3/t8-,17?/m0/s1. The average molecular weight is 320 g/mol. The topological polar surface area (TPSA) is 52.9 Å². The molecule has 0 amide bonds. The molecule has 1 aliphatic rings. The van der Waals surface area contributed by atoms with Gasteiger partial charge in [-0.05, 0) is 55.6 Å². The highest BCUT2D eigenvalue weighted by Gasteiger charge is 2.32. The minimum atomic E-state index is -1.04. The Morgan fingerprint density at radius 1 is 1.59 bits per heavy atom. The molecule has 1 unspecified atom stereocenters. The predicted octanol–water partition coefficient (Wildman–Crippen LogP) is 2.53. The number of nitrogens with zero attached hydrogens (tertiary/aromatic N) is 2. The lowest BCUT2D eigenvalue weighted by molar-refractivity contribution is 0.403. The van der Waals surface area contributed by atoms with E-state index in [-0.39, 0.29) is 10.8 Å². The van der Waals surface area contributed by atoms with Gasteiger partial charge < -0.3 is 4.55 Å². The molecule has 2 atom stereocenters. The minimum absolute atomic E-state index is 0.141. The quantitative estimate of drug-likeness (QED) is 0.852. The molecule has 0 fully saturated rings. The summed E-state index contributed by atoms with van der Waals surface area (Å²) in [5.74, 6) is 0. The number of aromatic nitrogens is 2. The van der Waals surface area contributed by atoms with E-state index >= 15 is 0 Å².